The van der Waals surface area contributed by atoms with E-state index in [-0.39, 0.29) is 11.8 Å². The Hall–Kier alpha value is -3.90. The van der Waals surface area contributed by atoms with Crippen molar-refractivity contribution in [3.63, 3.8) is 0 Å². The summed E-state index contributed by atoms with van der Waals surface area (Å²) in [6.45, 7) is 1.37. The summed E-state index contributed by atoms with van der Waals surface area (Å²) in [6, 6.07) is 24.7. The molecular weight excluding hydrogens is 424 g/mol. The van der Waals surface area contributed by atoms with E-state index in [1.807, 2.05) is 66.7 Å². The van der Waals surface area contributed by atoms with Gasteiger partial charge in [-0.2, -0.15) is 0 Å². The molecule has 34 heavy (non-hydrogen) atoms. The largest absolute Gasteiger partial charge is 0.494 e. The molecule has 6 nitrogen and oxygen atoms in total. The van der Waals surface area contributed by atoms with Crippen molar-refractivity contribution in [2.24, 2.45) is 10.7 Å². The van der Waals surface area contributed by atoms with Crippen molar-refractivity contribution in [3.05, 3.63) is 95.6 Å². The summed E-state index contributed by atoms with van der Waals surface area (Å²) in [7, 11) is 0. The maximum atomic E-state index is 12.5. The second-order valence-corrected chi connectivity index (χ2v) is 8.23. The minimum Gasteiger partial charge on any atom is -0.494 e. The molecule has 0 aliphatic rings. The number of fused-ring (bicyclic) bond motifs is 1. The van der Waals surface area contributed by atoms with Crippen LogP contribution in [0.5, 0.6) is 5.88 Å². The van der Waals surface area contributed by atoms with E-state index in [9.17, 15) is 9.90 Å². The summed E-state index contributed by atoms with van der Waals surface area (Å²) >= 11 is 0. The van der Waals surface area contributed by atoms with Gasteiger partial charge in [-0.15, -0.1) is 0 Å². The third-order valence-electron chi connectivity index (χ3n) is 5.76. The highest BCUT2D eigenvalue weighted by atomic mass is 16.3. The number of unbranched alkanes of at least 4 members (excludes halogenated alkanes) is 3. The second kappa shape index (κ2) is 11.3. The number of aliphatic imine (C=N–C) groups is 1. The second-order valence-electron chi connectivity index (χ2n) is 8.23. The van der Waals surface area contributed by atoms with Crippen LogP contribution in [0.3, 0.4) is 0 Å². The molecule has 5 N–H and O–H groups in total. The summed E-state index contributed by atoms with van der Waals surface area (Å²) in [5.74, 6) is -0.0156. The van der Waals surface area contributed by atoms with Gasteiger partial charge in [0, 0.05) is 28.6 Å². The molecule has 0 fully saturated rings. The number of hydrogen-bond donors (Lipinski definition) is 4. The van der Waals surface area contributed by atoms with Crippen LogP contribution in [0.4, 0.5) is 5.69 Å². The average Bonchev–Trinajstić information content (AvgIpc) is 3.21. The molecule has 0 saturated carbocycles. The van der Waals surface area contributed by atoms with Crippen LogP contribution in [0, 0.1) is 0 Å². The van der Waals surface area contributed by atoms with E-state index in [4.69, 9.17) is 10.7 Å². The molecule has 3 aromatic carbocycles. The first-order valence-corrected chi connectivity index (χ1v) is 11.7. The number of para-hydroxylation sites is 1. The van der Waals surface area contributed by atoms with Crippen molar-refractivity contribution in [1.29, 1.82) is 0 Å². The Morgan fingerprint density at radius 1 is 0.853 bits per heavy atom. The normalized spacial score (nSPS) is 11.6. The third kappa shape index (κ3) is 5.53. The van der Waals surface area contributed by atoms with Gasteiger partial charge in [0.15, 0.2) is 5.88 Å². The standard InChI is InChI=1S/C28H30N4O2/c29-18-8-1-2-9-19-30-27(33)21-14-16-22(17-15-21)31-26(20-10-4-3-5-11-20)25-23-12-6-7-13-24(23)32-28(25)34/h3-7,10-17,32,34H,1-2,8-9,18-19,29H2,(H,30,33). The summed E-state index contributed by atoms with van der Waals surface area (Å²) in [6.07, 6.45) is 4.13. The van der Waals surface area contributed by atoms with Gasteiger partial charge in [-0.1, -0.05) is 61.4 Å². The van der Waals surface area contributed by atoms with E-state index in [1.165, 1.54) is 0 Å². The smallest absolute Gasteiger partial charge is 0.251 e. The number of H-pyrrole nitrogens is 1. The van der Waals surface area contributed by atoms with Gasteiger partial charge in [0.2, 0.25) is 0 Å². The number of amides is 1. The summed E-state index contributed by atoms with van der Waals surface area (Å²) in [5.41, 5.74) is 9.84. The van der Waals surface area contributed by atoms with Gasteiger partial charge in [0.05, 0.1) is 17.0 Å². The number of nitrogens with zero attached hydrogens (tertiary/aromatic N) is 1. The SMILES string of the molecule is NCCCCCCNC(=O)c1ccc(N=C(c2ccccc2)c2c(O)[nH]c3ccccc23)cc1. The number of aromatic amines is 1. The molecule has 1 aromatic heterocycles. The monoisotopic (exact) mass is 454 g/mol. The Kier molecular flexibility index (Phi) is 7.73. The van der Waals surface area contributed by atoms with Gasteiger partial charge in [0.1, 0.15) is 0 Å². The van der Waals surface area contributed by atoms with Crippen LogP contribution in [0.1, 0.15) is 47.2 Å². The molecule has 0 radical (unpaired) electrons. The Labute approximate surface area is 199 Å². The lowest BCUT2D eigenvalue weighted by Crippen LogP contribution is -2.24. The zero-order chi connectivity index (χ0) is 23.8. The first-order valence-electron chi connectivity index (χ1n) is 11.7. The number of nitrogens with two attached hydrogens (primary N) is 1. The summed E-state index contributed by atoms with van der Waals surface area (Å²) in [4.78, 5) is 20.4. The Balaban J connectivity index is 1.57. The van der Waals surface area contributed by atoms with Gasteiger partial charge < -0.3 is 21.1 Å². The number of carbonyl (C=O) groups is 1. The van der Waals surface area contributed by atoms with Gasteiger partial charge in [-0.3, -0.25) is 4.79 Å². The van der Waals surface area contributed by atoms with E-state index >= 15 is 0 Å². The molecule has 4 rings (SSSR count). The predicted molar refractivity (Wildman–Crippen MR) is 138 cm³/mol. The van der Waals surface area contributed by atoms with Gasteiger partial charge in [-0.05, 0) is 49.7 Å². The number of carbonyl (C=O) groups excluding carboxylic acids is 1. The topological polar surface area (TPSA) is 104 Å². The Bertz CT molecular complexity index is 1260. The zero-order valence-electron chi connectivity index (χ0n) is 19.1. The summed E-state index contributed by atoms with van der Waals surface area (Å²) in [5, 5.41) is 14.6. The minimum absolute atomic E-state index is 0.0752. The molecule has 4 aromatic rings. The molecule has 174 valence electrons. The fourth-order valence-corrected chi connectivity index (χ4v) is 3.97. The number of aromatic hydroxyl groups is 1. The first kappa shape index (κ1) is 23.3. The fraction of sp³-hybridized carbons (Fsp3) is 0.214. The molecule has 0 unspecified atom stereocenters. The highest BCUT2D eigenvalue weighted by Gasteiger charge is 2.18. The van der Waals surface area contributed by atoms with E-state index < -0.39 is 0 Å². The zero-order valence-corrected chi connectivity index (χ0v) is 19.1. The molecular formula is C28H30N4O2. The lowest BCUT2D eigenvalue weighted by atomic mass is 10.0. The number of benzene rings is 3. The predicted octanol–water partition coefficient (Wildman–Crippen LogP) is 5.29. The Morgan fingerprint density at radius 3 is 2.32 bits per heavy atom. The molecule has 0 atom stereocenters. The van der Waals surface area contributed by atoms with Gasteiger partial charge in [0.25, 0.3) is 5.91 Å². The molecule has 0 aliphatic carbocycles. The van der Waals surface area contributed by atoms with Crippen molar-refractivity contribution in [1.82, 2.24) is 10.3 Å². The molecule has 0 spiro atoms. The van der Waals surface area contributed by atoms with E-state index in [2.05, 4.69) is 10.3 Å². The number of rotatable bonds is 10. The Morgan fingerprint density at radius 2 is 1.56 bits per heavy atom. The molecule has 1 amide bonds. The van der Waals surface area contributed by atoms with Crippen molar-refractivity contribution in [2.75, 3.05) is 13.1 Å². The third-order valence-corrected chi connectivity index (χ3v) is 5.76. The van der Waals surface area contributed by atoms with Crippen molar-refractivity contribution >= 4 is 28.2 Å². The van der Waals surface area contributed by atoms with Crippen LogP contribution in [0.25, 0.3) is 10.9 Å². The van der Waals surface area contributed by atoms with Crippen LogP contribution < -0.4 is 11.1 Å². The van der Waals surface area contributed by atoms with Crippen LogP contribution in [-0.2, 0) is 0 Å². The minimum atomic E-state index is -0.0908. The number of hydrogen-bond acceptors (Lipinski definition) is 4. The average molecular weight is 455 g/mol. The quantitative estimate of drug-likeness (QED) is 0.193. The van der Waals surface area contributed by atoms with E-state index in [0.717, 1.165) is 42.1 Å². The lowest BCUT2D eigenvalue weighted by Gasteiger charge is -2.09. The van der Waals surface area contributed by atoms with E-state index in [0.29, 0.717) is 35.6 Å². The van der Waals surface area contributed by atoms with Crippen molar-refractivity contribution in [3.8, 4) is 5.88 Å². The molecule has 6 heteroatoms. The van der Waals surface area contributed by atoms with Crippen LogP contribution >= 0.6 is 0 Å². The van der Waals surface area contributed by atoms with Crippen molar-refractivity contribution < 1.29 is 9.90 Å². The molecule has 0 bridgehead atoms. The number of aromatic nitrogens is 1. The first-order chi connectivity index (χ1) is 16.7. The maximum Gasteiger partial charge on any atom is 0.251 e. The highest BCUT2D eigenvalue weighted by molar-refractivity contribution is 6.21. The maximum absolute atomic E-state index is 12.5. The van der Waals surface area contributed by atoms with Gasteiger partial charge in [-0.25, -0.2) is 4.99 Å². The lowest BCUT2D eigenvalue weighted by molar-refractivity contribution is 0.0953. The van der Waals surface area contributed by atoms with Crippen LogP contribution in [0.15, 0.2) is 83.9 Å². The highest BCUT2D eigenvalue weighted by Crippen LogP contribution is 2.31. The van der Waals surface area contributed by atoms with Crippen LogP contribution in [-0.4, -0.2) is 34.8 Å². The molecule has 0 aliphatic heterocycles. The molecule has 1 heterocycles. The van der Waals surface area contributed by atoms with Crippen molar-refractivity contribution in [2.45, 2.75) is 25.7 Å². The molecule has 0 saturated heterocycles. The fourth-order valence-electron chi connectivity index (χ4n) is 3.97. The summed E-state index contributed by atoms with van der Waals surface area (Å²) < 4.78 is 0. The number of nitrogens with one attached hydrogen (secondary N) is 2. The van der Waals surface area contributed by atoms with Crippen LogP contribution in [0.2, 0.25) is 0 Å². The van der Waals surface area contributed by atoms with E-state index in [1.54, 1.807) is 12.1 Å². The van der Waals surface area contributed by atoms with Gasteiger partial charge >= 0.3 is 0 Å².